The van der Waals surface area contributed by atoms with Crippen molar-refractivity contribution in [3.63, 3.8) is 0 Å². The first kappa shape index (κ1) is 15.8. The van der Waals surface area contributed by atoms with Crippen LogP contribution in [-0.2, 0) is 9.53 Å². The van der Waals surface area contributed by atoms with Crippen molar-refractivity contribution in [2.75, 3.05) is 26.7 Å². The normalized spacial score (nSPS) is 25.6. The summed E-state index contributed by atoms with van der Waals surface area (Å²) in [7, 11) is 2.07. The fourth-order valence-corrected chi connectivity index (χ4v) is 3.29. The van der Waals surface area contributed by atoms with Gasteiger partial charge in [-0.05, 0) is 45.7 Å². The number of nitrogens with one attached hydrogen (secondary N) is 1. The molecule has 2 fully saturated rings. The van der Waals surface area contributed by atoms with Gasteiger partial charge in [-0.25, -0.2) is 0 Å². The lowest BCUT2D eigenvalue weighted by Crippen LogP contribution is -2.45. The molecule has 0 bridgehead atoms. The number of carbonyl (C=O) groups excluding carboxylic acids is 1. The van der Waals surface area contributed by atoms with Crippen molar-refractivity contribution >= 4 is 5.91 Å². The van der Waals surface area contributed by atoms with E-state index in [4.69, 9.17) is 4.74 Å². The first-order valence-electron chi connectivity index (χ1n) is 8.37. The molecular formula is C16H30N2O2. The highest BCUT2D eigenvalue weighted by Gasteiger charge is 2.24. The lowest BCUT2D eigenvalue weighted by molar-refractivity contribution is -0.126. The molecule has 0 radical (unpaired) electrons. The summed E-state index contributed by atoms with van der Waals surface area (Å²) in [6.07, 6.45) is 11.1. The highest BCUT2D eigenvalue weighted by Crippen LogP contribution is 2.20. The number of rotatable bonds is 6. The lowest BCUT2D eigenvalue weighted by atomic mass is 10.1. The van der Waals surface area contributed by atoms with Crippen LogP contribution in [-0.4, -0.2) is 49.7 Å². The van der Waals surface area contributed by atoms with Crippen molar-refractivity contribution in [3.05, 3.63) is 0 Å². The summed E-state index contributed by atoms with van der Waals surface area (Å²) in [5.74, 6) is 0.204. The summed E-state index contributed by atoms with van der Waals surface area (Å²) in [6, 6.07) is 0.0771. The Bertz CT molecular complexity index is 290. The highest BCUT2D eigenvalue weighted by atomic mass is 16.5. The summed E-state index contributed by atoms with van der Waals surface area (Å²) in [6.45, 7) is 2.57. The minimum absolute atomic E-state index is 0.0771. The van der Waals surface area contributed by atoms with E-state index in [1.807, 2.05) is 0 Å². The van der Waals surface area contributed by atoms with Crippen LogP contribution in [0.4, 0.5) is 0 Å². The minimum Gasteiger partial charge on any atom is -0.378 e. The van der Waals surface area contributed by atoms with E-state index in [-0.39, 0.29) is 11.9 Å². The Labute approximate surface area is 123 Å². The molecule has 1 saturated carbocycles. The number of amides is 1. The molecule has 2 rings (SSSR count). The van der Waals surface area contributed by atoms with E-state index >= 15 is 0 Å². The first-order valence-corrected chi connectivity index (χ1v) is 8.37. The molecule has 1 aliphatic carbocycles. The second kappa shape index (κ2) is 8.63. The van der Waals surface area contributed by atoms with Crippen molar-refractivity contribution in [2.24, 2.45) is 0 Å². The monoisotopic (exact) mass is 282 g/mol. The summed E-state index contributed by atoms with van der Waals surface area (Å²) >= 11 is 0. The molecule has 1 N–H and O–H groups in total. The van der Waals surface area contributed by atoms with Gasteiger partial charge in [0.15, 0.2) is 0 Å². The molecular weight excluding hydrogens is 252 g/mol. The van der Waals surface area contributed by atoms with Gasteiger partial charge in [-0.2, -0.15) is 0 Å². The van der Waals surface area contributed by atoms with Gasteiger partial charge < -0.3 is 10.1 Å². The number of likely N-dealkylation sites (tertiary alicyclic amines) is 1. The van der Waals surface area contributed by atoms with Crippen molar-refractivity contribution in [2.45, 2.75) is 69.9 Å². The van der Waals surface area contributed by atoms with Crippen LogP contribution in [0.3, 0.4) is 0 Å². The second-order valence-electron chi connectivity index (χ2n) is 6.27. The van der Waals surface area contributed by atoms with E-state index in [0.717, 1.165) is 32.5 Å². The standard InChI is InChI=1S/C16H30N2O2/c1-18-12-6-2-3-10-15(18)16(19)17-11-7-13-20-14-8-4-5-9-14/h14-15H,2-13H2,1H3,(H,17,19)/t15-/m1/s1. The molecule has 2 aliphatic rings. The molecule has 116 valence electrons. The van der Waals surface area contributed by atoms with E-state index < -0.39 is 0 Å². The van der Waals surface area contributed by atoms with Crippen LogP contribution in [0.25, 0.3) is 0 Å². The predicted octanol–water partition coefficient (Wildman–Crippen LogP) is 2.33. The zero-order chi connectivity index (χ0) is 14.2. The molecule has 4 nitrogen and oxygen atoms in total. The fourth-order valence-electron chi connectivity index (χ4n) is 3.29. The molecule has 1 amide bonds. The number of hydrogen-bond acceptors (Lipinski definition) is 3. The van der Waals surface area contributed by atoms with Gasteiger partial charge in [0.05, 0.1) is 12.1 Å². The Kier molecular flexibility index (Phi) is 6.80. The first-order chi connectivity index (χ1) is 9.77. The fraction of sp³-hybridized carbons (Fsp3) is 0.938. The topological polar surface area (TPSA) is 41.6 Å². The third-order valence-electron chi connectivity index (χ3n) is 4.60. The molecule has 0 aromatic rings. The van der Waals surface area contributed by atoms with Crippen molar-refractivity contribution < 1.29 is 9.53 Å². The van der Waals surface area contributed by atoms with Crippen molar-refractivity contribution in [1.29, 1.82) is 0 Å². The molecule has 1 heterocycles. The number of nitrogens with zero attached hydrogens (tertiary/aromatic N) is 1. The van der Waals surface area contributed by atoms with E-state index in [0.29, 0.717) is 6.10 Å². The maximum absolute atomic E-state index is 12.2. The molecule has 0 spiro atoms. The predicted molar refractivity (Wildman–Crippen MR) is 80.7 cm³/mol. The van der Waals surface area contributed by atoms with Crippen LogP contribution >= 0.6 is 0 Å². The Balaban J connectivity index is 1.56. The van der Waals surface area contributed by atoms with Gasteiger partial charge in [-0.3, -0.25) is 9.69 Å². The average Bonchev–Trinajstić information content (AvgIpc) is 2.86. The van der Waals surface area contributed by atoms with Gasteiger partial charge in [-0.15, -0.1) is 0 Å². The smallest absolute Gasteiger partial charge is 0.237 e. The van der Waals surface area contributed by atoms with Gasteiger partial charge in [-0.1, -0.05) is 25.7 Å². The third-order valence-corrected chi connectivity index (χ3v) is 4.60. The van der Waals surface area contributed by atoms with Gasteiger partial charge >= 0.3 is 0 Å². The third kappa shape index (κ3) is 5.06. The molecule has 20 heavy (non-hydrogen) atoms. The van der Waals surface area contributed by atoms with E-state index in [1.165, 1.54) is 44.9 Å². The number of carbonyl (C=O) groups is 1. The van der Waals surface area contributed by atoms with Crippen molar-refractivity contribution in [1.82, 2.24) is 10.2 Å². The number of hydrogen-bond donors (Lipinski definition) is 1. The molecule has 0 unspecified atom stereocenters. The Hall–Kier alpha value is -0.610. The van der Waals surface area contributed by atoms with Crippen LogP contribution in [0.2, 0.25) is 0 Å². The Morgan fingerprint density at radius 3 is 2.70 bits per heavy atom. The maximum atomic E-state index is 12.2. The maximum Gasteiger partial charge on any atom is 0.237 e. The summed E-state index contributed by atoms with van der Waals surface area (Å²) < 4.78 is 5.81. The summed E-state index contributed by atoms with van der Waals surface area (Å²) in [4.78, 5) is 14.4. The van der Waals surface area contributed by atoms with Gasteiger partial charge in [0.1, 0.15) is 0 Å². The van der Waals surface area contributed by atoms with Crippen LogP contribution in [0.15, 0.2) is 0 Å². The Morgan fingerprint density at radius 2 is 1.90 bits per heavy atom. The van der Waals surface area contributed by atoms with Gasteiger partial charge in [0, 0.05) is 13.2 Å². The quantitative estimate of drug-likeness (QED) is 0.760. The molecule has 0 aromatic heterocycles. The molecule has 4 heteroatoms. The molecule has 0 aromatic carbocycles. The SMILES string of the molecule is CN1CCCCC[C@@H]1C(=O)NCCCOC1CCCC1. The van der Waals surface area contributed by atoms with E-state index in [2.05, 4.69) is 17.3 Å². The van der Waals surface area contributed by atoms with Crippen molar-refractivity contribution in [3.8, 4) is 0 Å². The number of ether oxygens (including phenoxy) is 1. The van der Waals surface area contributed by atoms with Gasteiger partial charge in [0.25, 0.3) is 0 Å². The molecule has 1 saturated heterocycles. The summed E-state index contributed by atoms with van der Waals surface area (Å²) in [5, 5.41) is 3.08. The average molecular weight is 282 g/mol. The van der Waals surface area contributed by atoms with Crippen LogP contribution in [0.5, 0.6) is 0 Å². The molecule has 1 atom stereocenters. The van der Waals surface area contributed by atoms with Crippen LogP contribution in [0, 0.1) is 0 Å². The van der Waals surface area contributed by atoms with Gasteiger partial charge in [0.2, 0.25) is 5.91 Å². The molecule has 1 aliphatic heterocycles. The largest absolute Gasteiger partial charge is 0.378 e. The second-order valence-corrected chi connectivity index (χ2v) is 6.27. The zero-order valence-corrected chi connectivity index (χ0v) is 12.9. The van der Waals surface area contributed by atoms with Crippen LogP contribution in [0.1, 0.15) is 57.8 Å². The lowest BCUT2D eigenvalue weighted by Gasteiger charge is -2.24. The zero-order valence-electron chi connectivity index (χ0n) is 12.9. The summed E-state index contributed by atoms with van der Waals surface area (Å²) in [5.41, 5.74) is 0. The van der Waals surface area contributed by atoms with E-state index in [9.17, 15) is 4.79 Å². The number of likely N-dealkylation sites (N-methyl/N-ethyl adjacent to an activating group) is 1. The highest BCUT2D eigenvalue weighted by molar-refractivity contribution is 5.81. The minimum atomic E-state index is 0.0771. The van der Waals surface area contributed by atoms with Crippen LogP contribution < -0.4 is 5.32 Å². The van der Waals surface area contributed by atoms with E-state index in [1.54, 1.807) is 0 Å². The Morgan fingerprint density at radius 1 is 1.15 bits per heavy atom.